The van der Waals surface area contributed by atoms with Crippen molar-refractivity contribution >= 4 is 17.6 Å². The predicted octanol–water partition coefficient (Wildman–Crippen LogP) is 2.88. The van der Waals surface area contributed by atoms with E-state index in [-0.39, 0.29) is 24.8 Å². The van der Waals surface area contributed by atoms with Gasteiger partial charge in [-0.25, -0.2) is 9.18 Å². The van der Waals surface area contributed by atoms with Crippen LogP contribution >= 0.6 is 0 Å². The highest BCUT2D eigenvalue weighted by atomic mass is 19.1. The summed E-state index contributed by atoms with van der Waals surface area (Å²) < 4.78 is 12.8. The van der Waals surface area contributed by atoms with E-state index in [1.54, 1.807) is 12.1 Å². The monoisotopic (exact) mass is 329 g/mol. The van der Waals surface area contributed by atoms with E-state index >= 15 is 0 Å². The van der Waals surface area contributed by atoms with Crippen LogP contribution in [-0.4, -0.2) is 18.5 Å². The number of amides is 3. The molecule has 3 amide bonds. The van der Waals surface area contributed by atoms with Crippen molar-refractivity contribution in [3.8, 4) is 0 Å². The van der Waals surface area contributed by atoms with Gasteiger partial charge in [-0.2, -0.15) is 0 Å². The Labute approximate surface area is 140 Å². The van der Waals surface area contributed by atoms with Crippen LogP contribution in [0.25, 0.3) is 0 Å². The maximum Gasteiger partial charge on any atom is 0.315 e. The largest absolute Gasteiger partial charge is 0.334 e. The van der Waals surface area contributed by atoms with Gasteiger partial charge in [-0.15, -0.1) is 0 Å². The van der Waals surface area contributed by atoms with Crippen LogP contribution in [0.1, 0.15) is 16.7 Å². The number of aryl methyl sites for hydroxylation is 2. The van der Waals surface area contributed by atoms with Crippen molar-refractivity contribution in [2.45, 2.75) is 20.4 Å². The Kier molecular flexibility index (Phi) is 5.89. The van der Waals surface area contributed by atoms with E-state index in [0.29, 0.717) is 0 Å². The van der Waals surface area contributed by atoms with Gasteiger partial charge in [0.25, 0.3) is 0 Å². The van der Waals surface area contributed by atoms with Crippen LogP contribution in [0.5, 0.6) is 0 Å². The fourth-order valence-corrected chi connectivity index (χ4v) is 2.16. The molecule has 0 aromatic heterocycles. The third-order valence-electron chi connectivity index (χ3n) is 3.43. The lowest BCUT2D eigenvalue weighted by Crippen LogP contribution is -2.39. The molecular formula is C18H20FN3O2. The molecular weight excluding hydrogens is 309 g/mol. The van der Waals surface area contributed by atoms with Gasteiger partial charge in [0.1, 0.15) is 5.82 Å². The smallest absolute Gasteiger partial charge is 0.315 e. The second-order valence-corrected chi connectivity index (χ2v) is 5.53. The van der Waals surface area contributed by atoms with E-state index in [4.69, 9.17) is 0 Å². The zero-order valence-corrected chi connectivity index (χ0v) is 13.7. The fourth-order valence-electron chi connectivity index (χ4n) is 2.16. The fraction of sp³-hybridized carbons (Fsp3) is 0.222. The summed E-state index contributed by atoms with van der Waals surface area (Å²) in [6.07, 6.45) is 0. The molecule has 0 heterocycles. The van der Waals surface area contributed by atoms with Gasteiger partial charge in [-0.05, 0) is 43.2 Å². The molecule has 0 bridgehead atoms. The number of carbonyl (C=O) groups excluding carboxylic acids is 2. The van der Waals surface area contributed by atoms with E-state index in [1.807, 2.05) is 32.0 Å². The second-order valence-electron chi connectivity index (χ2n) is 5.53. The number of carbonyl (C=O) groups is 2. The molecule has 0 fully saturated rings. The first kappa shape index (κ1) is 17.5. The van der Waals surface area contributed by atoms with Crippen LogP contribution in [0.3, 0.4) is 0 Å². The molecule has 0 saturated heterocycles. The number of anilines is 1. The highest BCUT2D eigenvalue weighted by molar-refractivity contribution is 5.94. The standard InChI is InChI=1S/C18H20FN3O2/c1-12-3-8-16(13(2)9-12)22-17(23)11-21-18(24)20-10-14-4-6-15(19)7-5-14/h3-9H,10-11H2,1-2H3,(H,22,23)(H2,20,21,24). The van der Waals surface area contributed by atoms with Gasteiger partial charge >= 0.3 is 6.03 Å². The average molecular weight is 329 g/mol. The third kappa shape index (κ3) is 5.39. The van der Waals surface area contributed by atoms with E-state index < -0.39 is 6.03 Å². The molecule has 0 unspecified atom stereocenters. The molecule has 0 spiro atoms. The summed E-state index contributed by atoms with van der Waals surface area (Å²) in [5.74, 6) is -0.634. The molecule has 2 rings (SSSR count). The maximum absolute atomic E-state index is 12.8. The van der Waals surface area contributed by atoms with Crippen molar-refractivity contribution in [3.63, 3.8) is 0 Å². The van der Waals surface area contributed by atoms with Gasteiger partial charge in [0.05, 0.1) is 6.54 Å². The Morgan fingerprint density at radius 1 is 1.00 bits per heavy atom. The molecule has 6 heteroatoms. The SMILES string of the molecule is Cc1ccc(NC(=O)CNC(=O)NCc2ccc(F)cc2)c(C)c1. The summed E-state index contributed by atoms with van der Waals surface area (Å²) in [5, 5.41) is 7.83. The number of hydrogen-bond donors (Lipinski definition) is 3. The first-order valence-electron chi connectivity index (χ1n) is 7.57. The molecule has 0 atom stereocenters. The predicted molar refractivity (Wildman–Crippen MR) is 91.2 cm³/mol. The van der Waals surface area contributed by atoms with E-state index in [1.165, 1.54) is 12.1 Å². The highest BCUT2D eigenvalue weighted by Crippen LogP contribution is 2.15. The Hall–Kier alpha value is -2.89. The molecule has 2 aromatic carbocycles. The van der Waals surface area contributed by atoms with Gasteiger partial charge in [0, 0.05) is 12.2 Å². The molecule has 0 aliphatic carbocycles. The number of benzene rings is 2. The zero-order valence-electron chi connectivity index (χ0n) is 13.7. The van der Waals surface area contributed by atoms with E-state index in [2.05, 4.69) is 16.0 Å². The van der Waals surface area contributed by atoms with Gasteiger partial charge in [-0.1, -0.05) is 29.8 Å². The minimum Gasteiger partial charge on any atom is -0.334 e. The molecule has 0 radical (unpaired) electrons. The average Bonchev–Trinajstić information content (AvgIpc) is 2.55. The van der Waals surface area contributed by atoms with Crippen molar-refractivity contribution in [1.29, 1.82) is 0 Å². The van der Waals surface area contributed by atoms with Gasteiger partial charge < -0.3 is 16.0 Å². The molecule has 0 aliphatic rings. The minimum atomic E-state index is -0.463. The van der Waals surface area contributed by atoms with Gasteiger partial charge in [-0.3, -0.25) is 4.79 Å². The summed E-state index contributed by atoms with van der Waals surface area (Å²) in [7, 11) is 0. The van der Waals surface area contributed by atoms with Crippen molar-refractivity contribution in [3.05, 3.63) is 65.0 Å². The Balaban J connectivity index is 1.74. The van der Waals surface area contributed by atoms with Crippen LogP contribution in [0.4, 0.5) is 14.9 Å². The van der Waals surface area contributed by atoms with Crippen LogP contribution in [0.2, 0.25) is 0 Å². The molecule has 3 N–H and O–H groups in total. The summed E-state index contributed by atoms with van der Waals surface area (Å²) in [5.41, 5.74) is 3.57. The van der Waals surface area contributed by atoms with Crippen molar-refractivity contribution in [2.75, 3.05) is 11.9 Å². The van der Waals surface area contributed by atoms with Crippen LogP contribution in [-0.2, 0) is 11.3 Å². The van der Waals surface area contributed by atoms with Gasteiger partial charge in [0.15, 0.2) is 0 Å². The number of hydrogen-bond acceptors (Lipinski definition) is 2. The van der Waals surface area contributed by atoms with Crippen molar-refractivity contribution in [1.82, 2.24) is 10.6 Å². The molecule has 5 nitrogen and oxygen atoms in total. The number of nitrogens with one attached hydrogen (secondary N) is 3. The molecule has 0 saturated carbocycles. The number of urea groups is 1. The summed E-state index contributed by atoms with van der Waals surface area (Å²) in [6, 6.07) is 11.1. The normalized spacial score (nSPS) is 10.1. The van der Waals surface area contributed by atoms with E-state index in [0.717, 1.165) is 22.4 Å². The van der Waals surface area contributed by atoms with Crippen molar-refractivity contribution in [2.24, 2.45) is 0 Å². The second kappa shape index (κ2) is 8.10. The molecule has 126 valence electrons. The molecule has 24 heavy (non-hydrogen) atoms. The van der Waals surface area contributed by atoms with E-state index in [9.17, 15) is 14.0 Å². The summed E-state index contributed by atoms with van der Waals surface area (Å²) >= 11 is 0. The topological polar surface area (TPSA) is 70.2 Å². The lowest BCUT2D eigenvalue weighted by Gasteiger charge is -2.10. The first-order valence-corrected chi connectivity index (χ1v) is 7.57. The zero-order chi connectivity index (χ0) is 17.5. The maximum atomic E-state index is 12.8. The van der Waals surface area contributed by atoms with Gasteiger partial charge in [0.2, 0.25) is 5.91 Å². The number of rotatable bonds is 5. The molecule has 0 aliphatic heterocycles. The Bertz CT molecular complexity index is 730. The first-order chi connectivity index (χ1) is 11.4. The highest BCUT2D eigenvalue weighted by Gasteiger charge is 2.07. The Morgan fingerprint density at radius 2 is 1.71 bits per heavy atom. The van der Waals surface area contributed by atoms with Crippen molar-refractivity contribution < 1.29 is 14.0 Å². The quantitative estimate of drug-likeness (QED) is 0.789. The van der Waals surface area contributed by atoms with Crippen LogP contribution in [0, 0.1) is 19.7 Å². The third-order valence-corrected chi connectivity index (χ3v) is 3.43. The summed E-state index contributed by atoms with van der Waals surface area (Å²) in [4.78, 5) is 23.5. The van der Waals surface area contributed by atoms with Crippen LogP contribution in [0.15, 0.2) is 42.5 Å². The number of halogens is 1. The lowest BCUT2D eigenvalue weighted by molar-refractivity contribution is -0.115. The molecule has 2 aromatic rings. The Morgan fingerprint density at radius 3 is 2.38 bits per heavy atom. The lowest BCUT2D eigenvalue weighted by atomic mass is 10.1. The van der Waals surface area contributed by atoms with Crippen LogP contribution < -0.4 is 16.0 Å². The summed E-state index contributed by atoms with van der Waals surface area (Å²) in [6.45, 7) is 4.00. The minimum absolute atomic E-state index is 0.136.